The number of carbonyl (C=O) groups is 1. The summed E-state index contributed by atoms with van der Waals surface area (Å²) in [7, 11) is 0. The number of nitrogens with one attached hydrogen (secondary N) is 1. The van der Waals surface area contributed by atoms with Crippen molar-refractivity contribution >= 4 is 11.6 Å². The molecular weight excluding hydrogens is 284 g/mol. The molecule has 3 heteroatoms. The van der Waals surface area contributed by atoms with Crippen molar-refractivity contribution < 1.29 is 4.79 Å². The Kier molecular flexibility index (Phi) is 4.37. The SMILES string of the molecule is CC(C)C(C)NC(=O)c1ccc(N2Cc3ccccc3C2)cc1. The Morgan fingerprint density at radius 3 is 2.04 bits per heavy atom. The molecule has 0 saturated carbocycles. The maximum absolute atomic E-state index is 12.2. The van der Waals surface area contributed by atoms with E-state index in [0.717, 1.165) is 24.3 Å². The van der Waals surface area contributed by atoms with E-state index in [1.165, 1.54) is 11.1 Å². The maximum atomic E-state index is 12.2. The first kappa shape index (κ1) is 15.6. The molecule has 3 rings (SSSR count). The predicted molar refractivity (Wildman–Crippen MR) is 94.5 cm³/mol. The van der Waals surface area contributed by atoms with Crippen LogP contribution in [0.15, 0.2) is 48.5 Å². The minimum atomic E-state index is 0.00228. The van der Waals surface area contributed by atoms with Gasteiger partial charge in [-0.1, -0.05) is 38.1 Å². The second kappa shape index (κ2) is 6.45. The minimum absolute atomic E-state index is 0.00228. The van der Waals surface area contributed by atoms with Crippen molar-refractivity contribution in [1.82, 2.24) is 5.32 Å². The number of hydrogen-bond acceptors (Lipinski definition) is 2. The van der Waals surface area contributed by atoms with Crippen molar-refractivity contribution in [3.8, 4) is 0 Å². The van der Waals surface area contributed by atoms with Gasteiger partial charge in [-0.05, 0) is 48.2 Å². The summed E-state index contributed by atoms with van der Waals surface area (Å²) in [6.07, 6.45) is 0. The quantitative estimate of drug-likeness (QED) is 0.926. The minimum Gasteiger partial charge on any atom is -0.363 e. The summed E-state index contributed by atoms with van der Waals surface area (Å²) in [5, 5.41) is 3.05. The summed E-state index contributed by atoms with van der Waals surface area (Å²) in [4.78, 5) is 14.6. The number of fused-ring (bicyclic) bond motifs is 1. The topological polar surface area (TPSA) is 32.3 Å². The third-order valence-electron chi connectivity index (χ3n) is 4.69. The number of anilines is 1. The van der Waals surface area contributed by atoms with E-state index in [1.807, 2.05) is 31.2 Å². The number of carbonyl (C=O) groups excluding carboxylic acids is 1. The van der Waals surface area contributed by atoms with Crippen LogP contribution in [0.2, 0.25) is 0 Å². The molecular formula is C20H24N2O. The monoisotopic (exact) mass is 308 g/mol. The van der Waals surface area contributed by atoms with Crippen LogP contribution in [0, 0.1) is 5.92 Å². The second-order valence-corrected chi connectivity index (χ2v) is 6.68. The molecule has 0 aliphatic carbocycles. The van der Waals surface area contributed by atoms with E-state index in [1.54, 1.807) is 0 Å². The van der Waals surface area contributed by atoms with Gasteiger partial charge in [-0.3, -0.25) is 4.79 Å². The van der Waals surface area contributed by atoms with Crippen molar-refractivity contribution in [2.24, 2.45) is 5.92 Å². The molecule has 1 aliphatic rings. The van der Waals surface area contributed by atoms with Crippen LogP contribution in [0.4, 0.5) is 5.69 Å². The first-order valence-electron chi connectivity index (χ1n) is 8.27. The van der Waals surface area contributed by atoms with Crippen LogP contribution >= 0.6 is 0 Å². The fraction of sp³-hybridized carbons (Fsp3) is 0.350. The normalized spacial score (nSPS) is 14.7. The van der Waals surface area contributed by atoms with Gasteiger partial charge in [-0.25, -0.2) is 0 Å². The highest BCUT2D eigenvalue weighted by atomic mass is 16.1. The molecule has 0 saturated heterocycles. The first-order chi connectivity index (χ1) is 11.0. The molecule has 2 aromatic rings. The van der Waals surface area contributed by atoms with Gasteiger partial charge in [0.15, 0.2) is 0 Å². The summed E-state index contributed by atoms with van der Waals surface area (Å²) in [6.45, 7) is 8.13. The Labute approximate surface area is 138 Å². The van der Waals surface area contributed by atoms with Crippen molar-refractivity contribution in [3.63, 3.8) is 0 Å². The van der Waals surface area contributed by atoms with Gasteiger partial charge in [0, 0.05) is 30.4 Å². The highest BCUT2D eigenvalue weighted by molar-refractivity contribution is 5.94. The van der Waals surface area contributed by atoms with Gasteiger partial charge < -0.3 is 10.2 Å². The van der Waals surface area contributed by atoms with Gasteiger partial charge >= 0.3 is 0 Å². The molecule has 1 atom stereocenters. The third kappa shape index (κ3) is 3.39. The zero-order chi connectivity index (χ0) is 16.4. The lowest BCUT2D eigenvalue weighted by Gasteiger charge is -2.19. The molecule has 0 aromatic heterocycles. The van der Waals surface area contributed by atoms with Gasteiger partial charge in [0.1, 0.15) is 0 Å². The molecule has 2 aromatic carbocycles. The lowest BCUT2D eigenvalue weighted by Crippen LogP contribution is -2.36. The highest BCUT2D eigenvalue weighted by Gasteiger charge is 2.19. The van der Waals surface area contributed by atoms with Gasteiger partial charge in [0.05, 0.1) is 0 Å². The first-order valence-corrected chi connectivity index (χ1v) is 8.27. The molecule has 23 heavy (non-hydrogen) atoms. The van der Waals surface area contributed by atoms with E-state index in [2.05, 4.69) is 48.3 Å². The van der Waals surface area contributed by atoms with Gasteiger partial charge in [0.25, 0.3) is 5.91 Å². The Morgan fingerprint density at radius 2 is 1.52 bits per heavy atom. The molecule has 0 bridgehead atoms. The molecule has 1 amide bonds. The number of nitrogens with zero attached hydrogens (tertiary/aromatic N) is 1. The van der Waals surface area contributed by atoms with E-state index in [0.29, 0.717) is 5.92 Å². The third-order valence-corrected chi connectivity index (χ3v) is 4.69. The standard InChI is InChI=1S/C20H24N2O/c1-14(2)15(3)21-20(23)16-8-10-19(11-9-16)22-12-17-6-4-5-7-18(17)13-22/h4-11,14-15H,12-13H2,1-3H3,(H,21,23). The molecule has 120 valence electrons. The zero-order valence-electron chi connectivity index (χ0n) is 14.0. The number of benzene rings is 2. The number of hydrogen-bond donors (Lipinski definition) is 1. The molecule has 1 N–H and O–H groups in total. The fourth-order valence-corrected chi connectivity index (χ4v) is 2.80. The van der Waals surface area contributed by atoms with Crippen LogP contribution in [0.3, 0.4) is 0 Å². The van der Waals surface area contributed by atoms with E-state index in [4.69, 9.17) is 0 Å². The van der Waals surface area contributed by atoms with E-state index in [-0.39, 0.29) is 11.9 Å². The van der Waals surface area contributed by atoms with Crippen LogP contribution in [0.25, 0.3) is 0 Å². The molecule has 0 spiro atoms. The van der Waals surface area contributed by atoms with Crippen molar-refractivity contribution in [2.45, 2.75) is 39.9 Å². The van der Waals surface area contributed by atoms with Crippen LogP contribution < -0.4 is 10.2 Å². The smallest absolute Gasteiger partial charge is 0.251 e. The lowest BCUT2D eigenvalue weighted by molar-refractivity contribution is 0.0930. The van der Waals surface area contributed by atoms with Crippen molar-refractivity contribution in [2.75, 3.05) is 4.90 Å². The van der Waals surface area contributed by atoms with Crippen LogP contribution in [-0.2, 0) is 13.1 Å². The summed E-state index contributed by atoms with van der Waals surface area (Å²) >= 11 is 0. The van der Waals surface area contributed by atoms with Gasteiger partial charge in [-0.2, -0.15) is 0 Å². The Hall–Kier alpha value is -2.29. The maximum Gasteiger partial charge on any atom is 0.251 e. The van der Waals surface area contributed by atoms with Crippen molar-refractivity contribution in [3.05, 3.63) is 65.2 Å². The predicted octanol–water partition coefficient (Wildman–Crippen LogP) is 3.98. The number of amides is 1. The largest absolute Gasteiger partial charge is 0.363 e. The summed E-state index contributed by atoms with van der Waals surface area (Å²) in [5.74, 6) is 0.434. The fourth-order valence-electron chi connectivity index (χ4n) is 2.80. The van der Waals surface area contributed by atoms with E-state index < -0.39 is 0 Å². The van der Waals surface area contributed by atoms with Gasteiger partial charge in [-0.15, -0.1) is 0 Å². The summed E-state index contributed by atoms with van der Waals surface area (Å²) in [5.41, 5.74) is 4.66. The van der Waals surface area contributed by atoms with Crippen molar-refractivity contribution in [1.29, 1.82) is 0 Å². The Bertz CT molecular complexity index is 666. The molecule has 0 fully saturated rings. The van der Waals surface area contributed by atoms with E-state index in [9.17, 15) is 4.79 Å². The van der Waals surface area contributed by atoms with Crippen LogP contribution in [-0.4, -0.2) is 11.9 Å². The van der Waals surface area contributed by atoms with Crippen LogP contribution in [0.1, 0.15) is 42.3 Å². The Morgan fingerprint density at radius 1 is 0.957 bits per heavy atom. The second-order valence-electron chi connectivity index (χ2n) is 6.68. The molecule has 1 heterocycles. The van der Waals surface area contributed by atoms with Gasteiger partial charge in [0.2, 0.25) is 0 Å². The number of rotatable bonds is 4. The lowest BCUT2D eigenvalue weighted by atomic mass is 10.1. The summed E-state index contributed by atoms with van der Waals surface area (Å²) in [6, 6.07) is 16.6. The average Bonchev–Trinajstić information content (AvgIpc) is 2.98. The van der Waals surface area contributed by atoms with Crippen LogP contribution in [0.5, 0.6) is 0 Å². The molecule has 3 nitrogen and oxygen atoms in total. The zero-order valence-corrected chi connectivity index (χ0v) is 14.0. The molecule has 1 unspecified atom stereocenters. The summed E-state index contributed by atoms with van der Waals surface area (Å²) < 4.78 is 0. The Balaban J connectivity index is 1.68. The highest BCUT2D eigenvalue weighted by Crippen LogP contribution is 2.28. The molecule has 1 aliphatic heterocycles. The molecule has 0 radical (unpaired) electrons. The van der Waals surface area contributed by atoms with E-state index >= 15 is 0 Å². The average molecular weight is 308 g/mol.